The van der Waals surface area contributed by atoms with E-state index >= 15 is 0 Å². The Kier molecular flexibility index (Phi) is 244. The Morgan fingerprint density at radius 2 is 0.500 bits per heavy atom. The van der Waals surface area contributed by atoms with Crippen LogP contribution in [0, 0.1) is 0 Å². The van der Waals surface area contributed by atoms with Crippen LogP contribution >= 0.6 is 0 Å². The molecule has 0 spiro atoms. The second kappa shape index (κ2) is 22.3. The second-order valence-electron chi connectivity index (χ2n) is 0. The van der Waals surface area contributed by atoms with Crippen molar-refractivity contribution < 1.29 is 0 Å². The molecule has 0 aliphatic rings. The molecule has 0 saturated heterocycles. The molecule has 0 amide bonds. The van der Waals surface area contributed by atoms with E-state index in [0.29, 0.717) is 0 Å². The zero-order valence-electron chi connectivity index (χ0n) is 2.70. The van der Waals surface area contributed by atoms with E-state index in [1.807, 2.05) is 0 Å². The average molecular weight is 235 g/mol. The molecule has 0 aromatic heterocycles. The molecule has 0 N–H and O–H groups in total. The Bertz CT molecular complexity index is 3.25. The summed E-state index contributed by atoms with van der Waals surface area (Å²) in [6.07, 6.45) is 0. The Balaban J connectivity index is 0. The summed E-state index contributed by atoms with van der Waals surface area (Å²) < 4.78 is 0. The van der Waals surface area contributed by atoms with E-state index in [4.69, 9.17) is 0 Å². The van der Waals surface area contributed by atoms with E-state index in [0.717, 1.165) is 0 Å². The van der Waals surface area contributed by atoms with Crippen molar-refractivity contribution in [3.05, 3.63) is 0 Å². The summed E-state index contributed by atoms with van der Waals surface area (Å²) in [5.41, 5.74) is 0. The van der Waals surface area contributed by atoms with Crippen LogP contribution < -0.4 is 0 Å². The molecule has 0 nitrogen and oxygen atoms in total. The van der Waals surface area contributed by atoms with Crippen molar-refractivity contribution in [1.29, 1.82) is 0 Å². The molecule has 0 aromatic rings. The minimum atomic E-state index is 0. The van der Waals surface area contributed by atoms with Crippen molar-refractivity contribution >= 4 is 61.2 Å². The van der Waals surface area contributed by atoms with Crippen molar-refractivity contribution in [3.63, 3.8) is 0 Å². The van der Waals surface area contributed by atoms with Gasteiger partial charge in [-0.2, -0.15) is 0 Å². The third kappa shape index (κ3) is 9.34. The van der Waals surface area contributed by atoms with E-state index in [1.165, 1.54) is 0 Å². The molecule has 0 bridgehead atoms. The summed E-state index contributed by atoms with van der Waals surface area (Å²) in [4.78, 5) is 0. The third-order valence-electron chi connectivity index (χ3n) is 0. The summed E-state index contributed by atoms with van der Waals surface area (Å²) in [7, 11) is 0. The average Bonchev–Trinajstić information content (AvgIpc) is 0. The van der Waals surface area contributed by atoms with Gasteiger partial charge in [0.2, 0.25) is 0 Å². The minimum absolute atomic E-state index is 0. The van der Waals surface area contributed by atoms with Crippen LogP contribution in [0.5, 0.6) is 0 Å². The molecule has 0 rings (SSSR count). The first-order chi connectivity index (χ1) is 0. The zero-order valence-corrected chi connectivity index (χ0v) is 11.6. The monoisotopic (exact) mass is 239 g/mol. The van der Waals surface area contributed by atoms with Gasteiger partial charge >= 0.3 is 61.2 Å². The third-order valence-corrected chi connectivity index (χ3v) is 0. The number of hydrogen-bond acceptors (Lipinski definition) is 0. The van der Waals surface area contributed by atoms with E-state index in [9.17, 15) is 0 Å². The van der Waals surface area contributed by atoms with E-state index in [-0.39, 0.29) is 61.2 Å². The summed E-state index contributed by atoms with van der Waals surface area (Å²) in [6, 6.07) is 0. The van der Waals surface area contributed by atoms with Gasteiger partial charge in [-0.25, -0.2) is 0 Å². The molecule has 21 valence electrons. The van der Waals surface area contributed by atoms with Crippen molar-refractivity contribution in [2.24, 2.45) is 0 Å². The van der Waals surface area contributed by atoms with Crippen molar-refractivity contribution in [2.45, 2.75) is 0 Å². The van der Waals surface area contributed by atoms with Crippen LogP contribution in [-0.4, -0.2) is 61.2 Å². The molecule has 0 aromatic carbocycles. The van der Waals surface area contributed by atoms with Crippen LogP contribution in [-0.2, 0) is 0 Å². The van der Waals surface area contributed by atoms with Crippen LogP contribution in [0.4, 0.5) is 0 Å². The molecular weight excluding hydrogens is 229 g/mol. The van der Waals surface area contributed by atoms with Gasteiger partial charge in [0.25, 0.3) is 0 Å². The Hall–Kier alpha value is 1.69. The number of hydrogen-bond donors (Lipinski definition) is 0. The molecule has 4 heavy (non-hydrogen) atoms. The van der Waals surface area contributed by atoms with Crippen molar-refractivity contribution in [2.75, 3.05) is 0 Å². The normalized spacial score (nSPS) is 0. The van der Waals surface area contributed by atoms with Gasteiger partial charge in [0, 0.05) is 0 Å². The fourth-order valence-corrected chi connectivity index (χ4v) is 0. The van der Waals surface area contributed by atoms with Crippen LogP contribution in [0.25, 0.3) is 0 Å². The Morgan fingerprint density at radius 3 is 0.500 bits per heavy atom. The van der Waals surface area contributed by atoms with Crippen LogP contribution in [0.3, 0.4) is 0 Å². The SMILES string of the molecule is [B+3].[GeH2-].[GeH2-].[GeH2-]. The molecule has 0 atom stereocenters. The first kappa shape index (κ1) is 43.7. The van der Waals surface area contributed by atoms with Gasteiger partial charge in [-0.15, -0.1) is 0 Å². The summed E-state index contributed by atoms with van der Waals surface area (Å²) in [5.74, 6) is 0. The van der Waals surface area contributed by atoms with Crippen molar-refractivity contribution in [1.82, 2.24) is 0 Å². The van der Waals surface area contributed by atoms with Gasteiger partial charge in [-0.3, -0.25) is 0 Å². The predicted octanol–water partition coefficient (Wildman–Crippen LogP) is -3.13. The quantitative estimate of drug-likeness (QED) is 0.389. The molecule has 3 radical (unpaired) electrons. The molecule has 0 heterocycles. The molecule has 4 heteroatoms. The summed E-state index contributed by atoms with van der Waals surface area (Å²) in [6.45, 7) is 0. The fourth-order valence-electron chi connectivity index (χ4n) is 0. The molecule has 0 aliphatic carbocycles. The molecule has 0 unspecified atom stereocenters. The van der Waals surface area contributed by atoms with Crippen LogP contribution in [0.1, 0.15) is 0 Å². The van der Waals surface area contributed by atoms with Gasteiger partial charge in [0.15, 0.2) is 0 Å². The van der Waals surface area contributed by atoms with Crippen LogP contribution in [0.2, 0.25) is 0 Å². The standard InChI is InChI=1S/B.3GeH2/h;3*1H2/q+3;3*-1. The van der Waals surface area contributed by atoms with E-state index in [1.54, 1.807) is 0 Å². The first-order valence-electron chi connectivity index (χ1n) is 0. The summed E-state index contributed by atoms with van der Waals surface area (Å²) >= 11 is 0. The molecule has 0 fully saturated rings. The maximum atomic E-state index is 0. The van der Waals surface area contributed by atoms with E-state index in [2.05, 4.69) is 0 Å². The zero-order chi connectivity index (χ0) is 0. The Labute approximate surface area is 61.0 Å². The van der Waals surface area contributed by atoms with Crippen LogP contribution in [0.15, 0.2) is 0 Å². The summed E-state index contributed by atoms with van der Waals surface area (Å²) in [5, 5.41) is 0. The van der Waals surface area contributed by atoms with E-state index < -0.39 is 0 Å². The molecular formula is H6BGe3. The second-order valence-corrected chi connectivity index (χ2v) is 0. The first-order valence-corrected chi connectivity index (χ1v) is 0. The molecule has 0 aliphatic heterocycles. The topological polar surface area (TPSA) is 0 Å². The van der Waals surface area contributed by atoms with Gasteiger partial charge in [0.05, 0.1) is 0 Å². The van der Waals surface area contributed by atoms with Crippen molar-refractivity contribution in [3.8, 4) is 0 Å². The fraction of sp³-hybridized carbons (Fsp3) is 0. The van der Waals surface area contributed by atoms with Gasteiger partial charge < -0.3 is 0 Å². The van der Waals surface area contributed by atoms with Gasteiger partial charge in [-0.1, -0.05) is 0 Å². The van der Waals surface area contributed by atoms with Gasteiger partial charge in [-0.05, 0) is 0 Å². The number of rotatable bonds is 0. The predicted molar refractivity (Wildman–Crippen MR) is 31.4 cm³/mol. The Morgan fingerprint density at radius 1 is 0.500 bits per heavy atom. The maximum absolute atomic E-state index is 0. The molecule has 0 saturated carbocycles. The van der Waals surface area contributed by atoms with Gasteiger partial charge in [0.1, 0.15) is 0 Å².